The second-order valence-corrected chi connectivity index (χ2v) is 18.8. The topological polar surface area (TPSA) is 46.2 Å². The van der Waals surface area contributed by atoms with Crippen molar-refractivity contribution in [2.75, 3.05) is 34.8 Å². The van der Waals surface area contributed by atoms with Gasteiger partial charge in [0.15, 0.2) is 23.5 Å². The lowest BCUT2D eigenvalue weighted by atomic mass is 10.5. The zero-order chi connectivity index (χ0) is 18.0. The minimum atomic E-state index is -2.48. The maximum absolute atomic E-state index is 11.9. The van der Waals surface area contributed by atoms with Gasteiger partial charge in [0.25, 0.3) is 0 Å². The van der Waals surface area contributed by atoms with E-state index in [-0.39, 0.29) is 0 Å². The molecule has 0 fully saturated rings. The van der Waals surface area contributed by atoms with Crippen LogP contribution in [0.3, 0.4) is 0 Å². The summed E-state index contributed by atoms with van der Waals surface area (Å²) in [5.41, 5.74) is 0. The van der Waals surface area contributed by atoms with Crippen molar-refractivity contribution >= 4 is 25.4 Å². The average Bonchev–Trinajstić information content (AvgIpc) is 2.47. The zero-order valence-corrected chi connectivity index (χ0v) is 18.9. The van der Waals surface area contributed by atoms with Gasteiger partial charge in [-0.15, -0.1) is 0 Å². The summed E-state index contributed by atoms with van der Waals surface area (Å²) < 4.78 is 39.6. The molecule has 0 atom stereocenters. The van der Waals surface area contributed by atoms with Gasteiger partial charge in [0, 0.05) is 34.0 Å². The molecule has 0 heterocycles. The molecule has 9 heteroatoms. The molecule has 0 aromatic carbocycles. The van der Waals surface area contributed by atoms with E-state index >= 15 is 0 Å². The maximum atomic E-state index is 11.9. The van der Waals surface area contributed by atoms with Gasteiger partial charge >= 0.3 is 8.80 Å². The molecular weight excluding hydrogens is 351 g/mol. The first-order chi connectivity index (χ1) is 10.7. The minimum absolute atomic E-state index is 0.474. The monoisotopic (exact) mass is 386 g/mol. The Morgan fingerprint density at radius 1 is 0.739 bits per heavy atom. The van der Waals surface area contributed by atoms with Gasteiger partial charge in [-0.2, -0.15) is 0 Å². The van der Waals surface area contributed by atoms with Crippen LogP contribution in [0.25, 0.3) is 0 Å². The third kappa shape index (κ3) is 10.1. The van der Waals surface area contributed by atoms with E-state index < -0.39 is 32.3 Å². The summed E-state index contributed by atoms with van der Waals surface area (Å²) in [6.45, 7) is 8.76. The molecule has 0 N–H and O–H groups in total. The molecule has 0 bridgehead atoms. The molecule has 0 aliphatic heterocycles. The molecule has 0 aromatic heterocycles. The Hall–Kier alpha value is 0.381. The summed E-state index contributed by atoms with van der Waals surface area (Å²) in [5, 5.41) is 0. The molecule has 0 saturated carbocycles. The fourth-order valence-corrected chi connectivity index (χ4v) is 13.7. The van der Waals surface area contributed by atoms with Gasteiger partial charge in [-0.05, 0) is 51.1 Å². The Labute approximate surface area is 144 Å². The first kappa shape index (κ1) is 23.4. The molecule has 0 aliphatic rings. The largest absolute Gasteiger partial charge is 0.500 e. The molecule has 0 rings (SSSR count). The van der Waals surface area contributed by atoms with Crippen LogP contribution in [0, 0.1) is 0 Å². The summed E-state index contributed by atoms with van der Waals surface area (Å²) in [7, 11) is -1.02. The summed E-state index contributed by atoms with van der Waals surface area (Å²) >= 11 is 0. The van der Waals surface area contributed by atoms with Crippen LogP contribution < -0.4 is 0 Å². The van der Waals surface area contributed by atoms with Gasteiger partial charge in [0.1, 0.15) is 0 Å². The average molecular weight is 387 g/mol. The number of ether oxygens (including phenoxy) is 1. The SMILES string of the molecule is CO[Si](CCC[Si](C)(C)O[Si](C)(C)CCCOCF)(OC)OC. The number of alkyl halides is 1. The van der Waals surface area contributed by atoms with Crippen LogP contribution in [0.15, 0.2) is 0 Å². The number of hydrogen-bond donors (Lipinski definition) is 0. The summed E-state index contributed by atoms with van der Waals surface area (Å²) in [6.07, 6.45) is 1.84. The lowest BCUT2D eigenvalue weighted by Crippen LogP contribution is -2.46. The number of halogens is 1. The number of hydrogen-bond acceptors (Lipinski definition) is 5. The van der Waals surface area contributed by atoms with Crippen LogP contribution in [-0.4, -0.2) is 60.2 Å². The van der Waals surface area contributed by atoms with Crippen molar-refractivity contribution in [3.8, 4) is 0 Å². The first-order valence-corrected chi connectivity index (χ1v) is 16.3. The summed E-state index contributed by atoms with van der Waals surface area (Å²) in [6, 6.07) is 2.86. The van der Waals surface area contributed by atoms with E-state index in [1.54, 1.807) is 21.3 Å². The first-order valence-electron chi connectivity index (χ1n) is 8.15. The van der Waals surface area contributed by atoms with Gasteiger partial charge in [-0.3, -0.25) is 0 Å². The van der Waals surface area contributed by atoms with Crippen LogP contribution in [0.2, 0.25) is 44.3 Å². The quantitative estimate of drug-likeness (QED) is 0.333. The van der Waals surface area contributed by atoms with E-state index in [4.69, 9.17) is 22.1 Å². The van der Waals surface area contributed by atoms with Gasteiger partial charge in [0.2, 0.25) is 0 Å². The highest BCUT2D eigenvalue weighted by atomic mass is 28.4. The van der Waals surface area contributed by atoms with Gasteiger partial charge in [-0.25, -0.2) is 4.39 Å². The van der Waals surface area contributed by atoms with Gasteiger partial charge in [-0.1, -0.05) is 0 Å². The summed E-state index contributed by atoms with van der Waals surface area (Å²) in [4.78, 5) is 0. The molecule has 140 valence electrons. The number of rotatable bonds is 14. The molecule has 23 heavy (non-hydrogen) atoms. The van der Waals surface area contributed by atoms with Gasteiger partial charge in [0.05, 0.1) is 0 Å². The molecule has 5 nitrogen and oxygen atoms in total. The molecular formula is C14H35FO5Si3. The van der Waals surface area contributed by atoms with Crippen LogP contribution in [-0.2, 0) is 22.1 Å². The molecule has 0 aromatic rings. The van der Waals surface area contributed by atoms with Crippen molar-refractivity contribution in [1.29, 1.82) is 0 Å². The van der Waals surface area contributed by atoms with Gasteiger partial charge < -0.3 is 22.1 Å². The van der Waals surface area contributed by atoms with Crippen molar-refractivity contribution in [3.05, 3.63) is 0 Å². The smallest absolute Gasteiger partial charge is 0.455 e. The third-order valence-electron chi connectivity index (χ3n) is 3.89. The predicted molar refractivity (Wildman–Crippen MR) is 98.4 cm³/mol. The van der Waals surface area contributed by atoms with E-state index in [0.717, 1.165) is 31.0 Å². The zero-order valence-electron chi connectivity index (χ0n) is 15.9. The Balaban J connectivity index is 4.30. The molecule has 0 amide bonds. The predicted octanol–water partition coefficient (Wildman–Crippen LogP) is 4.02. The standard InChI is InChI=1S/C14H35FO5Si3/c1-16-23(17-2,18-3)13-9-12-22(6,7)20-21(4,5)11-8-10-19-14-15/h8-14H2,1-7H3. The molecule has 0 unspecified atom stereocenters. The molecule has 0 aliphatic carbocycles. The fraction of sp³-hybridized carbons (Fsp3) is 1.00. The Morgan fingerprint density at radius 2 is 1.22 bits per heavy atom. The van der Waals surface area contributed by atoms with E-state index in [1.807, 2.05) is 0 Å². The summed E-state index contributed by atoms with van der Waals surface area (Å²) in [5.74, 6) is 0. The normalized spacial score (nSPS) is 13.6. The molecule has 0 spiro atoms. The van der Waals surface area contributed by atoms with Crippen LogP contribution >= 0.6 is 0 Å². The Kier molecular flexibility index (Phi) is 11.3. The van der Waals surface area contributed by atoms with Crippen LogP contribution in [0.4, 0.5) is 4.39 Å². The maximum Gasteiger partial charge on any atom is 0.500 e. The van der Waals surface area contributed by atoms with Crippen LogP contribution in [0.1, 0.15) is 12.8 Å². The van der Waals surface area contributed by atoms with Crippen LogP contribution in [0.5, 0.6) is 0 Å². The van der Waals surface area contributed by atoms with Crippen molar-refractivity contribution in [2.45, 2.75) is 57.2 Å². The van der Waals surface area contributed by atoms with E-state index in [1.165, 1.54) is 0 Å². The highest BCUT2D eigenvalue weighted by Crippen LogP contribution is 2.26. The van der Waals surface area contributed by atoms with Crippen molar-refractivity contribution in [1.82, 2.24) is 0 Å². The highest BCUT2D eigenvalue weighted by Gasteiger charge is 2.39. The van der Waals surface area contributed by atoms with E-state index in [2.05, 4.69) is 26.2 Å². The van der Waals surface area contributed by atoms with Crippen molar-refractivity contribution in [3.63, 3.8) is 0 Å². The van der Waals surface area contributed by atoms with E-state index in [0.29, 0.717) is 6.61 Å². The van der Waals surface area contributed by atoms with E-state index in [9.17, 15) is 4.39 Å². The molecule has 0 saturated heterocycles. The Bertz CT molecular complexity index is 307. The third-order valence-corrected chi connectivity index (χ3v) is 14.3. The Morgan fingerprint density at radius 3 is 1.65 bits per heavy atom. The fourth-order valence-electron chi connectivity index (χ4n) is 2.79. The lowest BCUT2D eigenvalue weighted by molar-refractivity contribution is 0.0581. The van der Waals surface area contributed by atoms with Crippen molar-refractivity contribution in [2.24, 2.45) is 0 Å². The molecule has 0 radical (unpaired) electrons. The van der Waals surface area contributed by atoms with Crippen molar-refractivity contribution < 1.29 is 26.5 Å². The highest BCUT2D eigenvalue weighted by molar-refractivity contribution is 6.84. The lowest BCUT2D eigenvalue weighted by Gasteiger charge is -2.34. The second-order valence-electron chi connectivity index (χ2n) is 6.89. The second kappa shape index (κ2) is 11.1. The minimum Gasteiger partial charge on any atom is -0.455 e.